The van der Waals surface area contributed by atoms with E-state index in [0.717, 1.165) is 34.7 Å². The molecule has 0 unspecified atom stereocenters. The fourth-order valence-corrected chi connectivity index (χ4v) is 2.23. The molecule has 0 aliphatic carbocycles. The fourth-order valence-electron chi connectivity index (χ4n) is 2.13. The Labute approximate surface area is 138 Å². The maximum atomic E-state index is 5.72. The van der Waals surface area contributed by atoms with Gasteiger partial charge in [-0.15, -0.1) is 10.2 Å². The van der Waals surface area contributed by atoms with Gasteiger partial charge in [-0.1, -0.05) is 23.7 Å². The van der Waals surface area contributed by atoms with E-state index in [1.807, 2.05) is 26.0 Å². The van der Waals surface area contributed by atoms with Crippen molar-refractivity contribution in [3.8, 4) is 17.1 Å². The van der Waals surface area contributed by atoms with Crippen molar-refractivity contribution in [2.75, 3.05) is 0 Å². The van der Waals surface area contributed by atoms with Crippen molar-refractivity contribution in [1.29, 1.82) is 0 Å². The Morgan fingerprint density at radius 2 is 2.04 bits per heavy atom. The second kappa shape index (κ2) is 6.75. The van der Waals surface area contributed by atoms with Gasteiger partial charge in [0.05, 0.1) is 5.56 Å². The molecule has 0 saturated heterocycles. The Balaban J connectivity index is 1.86. The van der Waals surface area contributed by atoms with Gasteiger partial charge >= 0.3 is 0 Å². The number of hydrogen-bond donors (Lipinski definition) is 0. The van der Waals surface area contributed by atoms with Gasteiger partial charge < -0.3 is 9.26 Å². The summed E-state index contributed by atoms with van der Waals surface area (Å²) in [6, 6.07) is 7.20. The maximum absolute atomic E-state index is 5.72. The van der Waals surface area contributed by atoms with Crippen LogP contribution in [0.25, 0.3) is 11.3 Å². The first-order valence-electron chi connectivity index (χ1n) is 7.20. The molecule has 0 aromatic carbocycles. The van der Waals surface area contributed by atoms with E-state index in [1.165, 1.54) is 0 Å². The highest BCUT2D eigenvalue weighted by atomic mass is 35.5. The highest BCUT2D eigenvalue weighted by Crippen LogP contribution is 2.26. The van der Waals surface area contributed by atoms with Crippen LogP contribution in [0.3, 0.4) is 0 Å². The summed E-state index contributed by atoms with van der Waals surface area (Å²) >= 11 is 5.72. The summed E-state index contributed by atoms with van der Waals surface area (Å²) < 4.78 is 11.1. The molecule has 118 valence electrons. The molecule has 3 aromatic rings. The summed E-state index contributed by atoms with van der Waals surface area (Å²) in [6.45, 7) is 4.22. The van der Waals surface area contributed by atoms with Gasteiger partial charge in [-0.2, -0.15) is 0 Å². The first-order chi connectivity index (χ1) is 11.2. The number of halogens is 1. The zero-order valence-electron chi connectivity index (χ0n) is 12.8. The molecule has 0 bridgehead atoms. The van der Waals surface area contributed by atoms with Gasteiger partial charge in [0.2, 0.25) is 5.88 Å². The van der Waals surface area contributed by atoms with Crippen molar-refractivity contribution < 1.29 is 9.26 Å². The Kier molecular flexibility index (Phi) is 4.52. The van der Waals surface area contributed by atoms with Crippen LogP contribution in [0.15, 0.2) is 35.0 Å². The van der Waals surface area contributed by atoms with E-state index in [2.05, 4.69) is 20.3 Å². The molecule has 0 fully saturated rings. The number of pyridine rings is 1. The van der Waals surface area contributed by atoms with Crippen molar-refractivity contribution >= 4 is 11.6 Å². The Hall–Kier alpha value is -2.47. The van der Waals surface area contributed by atoms with Crippen LogP contribution in [0, 0.1) is 6.92 Å². The molecule has 0 aliphatic rings. The van der Waals surface area contributed by atoms with Crippen molar-refractivity contribution in [3.05, 3.63) is 52.6 Å². The molecular weight excluding hydrogens is 316 g/mol. The lowest BCUT2D eigenvalue weighted by Crippen LogP contribution is -2.01. The van der Waals surface area contributed by atoms with E-state index >= 15 is 0 Å². The van der Waals surface area contributed by atoms with E-state index in [4.69, 9.17) is 20.9 Å². The summed E-state index contributed by atoms with van der Waals surface area (Å²) in [5.41, 5.74) is 3.45. The summed E-state index contributed by atoms with van der Waals surface area (Å²) in [5, 5.41) is 12.1. The van der Waals surface area contributed by atoms with Crippen LogP contribution in [0.1, 0.15) is 23.9 Å². The van der Waals surface area contributed by atoms with E-state index in [-0.39, 0.29) is 6.61 Å². The van der Waals surface area contributed by atoms with Crippen LogP contribution in [0.4, 0.5) is 0 Å². The lowest BCUT2D eigenvalue weighted by atomic mass is 10.1. The number of aryl methyl sites for hydroxylation is 2. The van der Waals surface area contributed by atoms with Crippen LogP contribution in [0.2, 0.25) is 5.15 Å². The predicted octanol–water partition coefficient (Wildman–Crippen LogP) is 3.63. The topological polar surface area (TPSA) is 73.9 Å². The first-order valence-corrected chi connectivity index (χ1v) is 7.57. The Morgan fingerprint density at radius 3 is 2.70 bits per heavy atom. The Bertz CT molecular complexity index is 785. The molecular formula is C16H15ClN4O2. The van der Waals surface area contributed by atoms with E-state index in [9.17, 15) is 0 Å². The van der Waals surface area contributed by atoms with Crippen molar-refractivity contribution in [3.63, 3.8) is 0 Å². The zero-order chi connectivity index (χ0) is 16.2. The van der Waals surface area contributed by atoms with Gasteiger partial charge in [-0.25, -0.2) is 0 Å². The minimum absolute atomic E-state index is 0.284. The summed E-state index contributed by atoms with van der Waals surface area (Å²) in [4.78, 5) is 4.30. The van der Waals surface area contributed by atoms with Gasteiger partial charge in [-0.05, 0) is 25.1 Å². The fraction of sp³-hybridized carbons (Fsp3) is 0.250. The summed E-state index contributed by atoms with van der Waals surface area (Å²) in [5.74, 6) is 1.17. The van der Waals surface area contributed by atoms with Gasteiger partial charge in [0.25, 0.3) is 0 Å². The molecule has 3 aromatic heterocycles. The molecule has 3 heterocycles. The average Bonchev–Trinajstić information content (AvgIpc) is 2.98. The van der Waals surface area contributed by atoms with Gasteiger partial charge in [0.1, 0.15) is 18.1 Å². The van der Waals surface area contributed by atoms with Gasteiger partial charge in [0, 0.05) is 29.9 Å². The van der Waals surface area contributed by atoms with Crippen LogP contribution in [0.5, 0.6) is 5.88 Å². The quantitative estimate of drug-likeness (QED) is 0.711. The average molecular weight is 331 g/mol. The molecule has 0 aliphatic heterocycles. The lowest BCUT2D eigenvalue weighted by Gasteiger charge is -2.06. The number of ether oxygens (including phenoxy) is 1. The number of hydrogen-bond acceptors (Lipinski definition) is 6. The maximum Gasteiger partial charge on any atom is 0.233 e. The van der Waals surface area contributed by atoms with Crippen molar-refractivity contribution in [2.45, 2.75) is 26.9 Å². The molecule has 0 saturated carbocycles. The monoisotopic (exact) mass is 330 g/mol. The second-order valence-corrected chi connectivity index (χ2v) is 5.34. The zero-order valence-corrected chi connectivity index (χ0v) is 13.5. The lowest BCUT2D eigenvalue weighted by molar-refractivity contribution is 0.286. The molecule has 3 rings (SSSR count). The molecule has 0 spiro atoms. The second-order valence-electron chi connectivity index (χ2n) is 4.96. The number of nitrogens with zero attached hydrogens (tertiary/aromatic N) is 4. The highest BCUT2D eigenvalue weighted by Gasteiger charge is 2.17. The predicted molar refractivity (Wildman–Crippen MR) is 85.2 cm³/mol. The third-order valence-corrected chi connectivity index (χ3v) is 3.55. The number of rotatable bonds is 5. The van der Waals surface area contributed by atoms with Gasteiger partial charge in [-0.3, -0.25) is 4.98 Å². The van der Waals surface area contributed by atoms with Gasteiger partial charge in [0.15, 0.2) is 5.15 Å². The molecule has 7 heteroatoms. The first kappa shape index (κ1) is 15.4. The molecule has 23 heavy (non-hydrogen) atoms. The third kappa shape index (κ3) is 3.48. The molecule has 0 radical (unpaired) electrons. The normalized spacial score (nSPS) is 10.7. The largest absolute Gasteiger partial charge is 0.472 e. The highest BCUT2D eigenvalue weighted by molar-refractivity contribution is 6.29. The smallest absolute Gasteiger partial charge is 0.233 e. The molecule has 6 nitrogen and oxygen atoms in total. The molecule has 0 amide bonds. The third-order valence-electron chi connectivity index (χ3n) is 3.35. The SMILES string of the molecule is CCc1onc(-c2ccc(C)nc2)c1COc1ccc(Cl)nn1. The van der Waals surface area contributed by atoms with E-state index in [1.54, 1.807) is 18.3 Å². The van der Waals surface area contributed by atoms with Crippen molar-refractivity contribution in [1.82, 2.24) is 20.3 Å². The van der Waals surface area contributed by atoms with Crippen LogP contribution in [-0.2, 0) is 13.0 Å². The van der Waals surface area contributed by atoms with Crippen LogP contribution < -0.4 is 4.74 Å². The van der Waals surface area contributed by atoms with Crippen molar-refractivity contribution in [2.24, 2.45) is 0 Å². The molecule has 0 N–H and O–H groups in total. The van der Waals surface area contributed by atoms with Crippen LogP contribution >= 0.6 is 11.6 Å². The minimum atomic E-state index is 0.284. The summed E-state index contributed by atoms with van der Waals surface area (Å²) in [7, 11) is 0. The Morgan fingerprint density at radius 1 is 1.17 bits per heavy atom. The van der Waals surface area contributed by atoms with E-state index in [0.29, 0.717) is 11.0 Å². The summed E-state index contributed by atoms with van der Waals surface area (Å²) in [6.07, 6.45) is 2.50. The standard InChI is InChI=1S/C16H15ClN4O2/c1-3-13-12(9-22-15-7-6-14(17)19-20-15)16(21-23-13)11-5-4-10(2)18-8-11/h4-8H,3,9H2,1-2H3. The van der Waals surface area contributed by atoms with Crippen LogP contribution in [-0.4, -0.2) is 20.3 Å². The van der Waals surface area contributed by atoms with E-state index < -0.39 is 0 Å². The minimum Gasteiger partial charge on any atom is -0.472 e. The molecule has 0 atom stereocenters. The number of aromatic nitrogens is 4.